The summed E-state index contributed by atoms with van der Waals surface area (Å²) in [6.07, 6.45) is 4.44. The third-order valence-electron chi connectivity index (χ3n) is 6.20. The normalized spacial score (nSPS) is 15.6. The molecule has 36 heavy (non-hydrogen) atoms. The van der Waals surface area contributed by atoms with E-state index in [4.69, 9.17) is 26.3 Å². The number of ether oxygens (including phenoxy) is 2. The Morgan fingerprint density at radius 2 is 2.00 bits per heavy atom. The van der Waals surface area contributed by atoms with E-state index in [1.54, 1.807) is 24.4 Å². The molecule has 1 aromatic carbocycles. The van der Waals surface area contributed by atoms with Crippen molar-refractivity contribution >= 4 is 38.8 Å². The maximum Gasteiger partial charge on any atom is 0.264 e. The molecule has 2 N–H and O–H groups in total. The maximum atomic E-state index is 12.7. The first kappa shape index (κ1) is 27.4. The van der Waals surface area contributed by atoms with Crippen LogP contribution in [0.4, 0.5) is 0 Å². The van der Waals surface area contributed by atoms with Crippen molar-refractivity contribution in [2.45, 2.75) is 31.1 Å². The molecule has 0 radical (unpaired) electrons. The topological polar surface area (TPSA) is 135 Å². The first-order chi connectivity index (χ1) is 17.0. The molecular weight excluding hydrogens is 510 g/mol. The summed E-state index contributed by atoms with van der Waals surface area (Å²) in [7, 11) is -2.34. The van der Waals surface area contributed by atoms with Gasteiger partial charge in [-0.2, -0.15) is 0 Å². The zero-order chi connectivity index (χ0) is 26.5. The Labute approximate surface area is 214 Å². The second kappa shape index (κ2) is 11.3. The average Bonchev–Trinajstić information content (AvgIpc) is 2.85. The van der Waals surface area contributed by atoms with Crippen molar-refractivity contribution in [3.63, 3.8) is 0 Å². The third kappa shape index (κ3) is 6.15. The van der Waals surface area contributed by atoms with Crippen LogP contribution < -0.4 is 15.0 Å². The number of hydroxylamine groups is 1. The Kier molecular flexibility index (Phi) is 8.59. The number of rotatable bonds is 10. The molecule has 1 atom stereocenters. The molecular formula is C24H28ClN3O7S. The molecule has 10 nitrogen and oxygen atoms in total. The van der Waals surface area contributed by atoms with Crippen molar-refractivity contribution in [3.05, 3.63) is 58.8 Å². The van der Waals surface area contributed by atoms with Crippen molar-refractivity contribution in [1.29, 1.82) is 0 Å². The number of carbonyl (C=O) groups is 2. The van der Waals surface area contributed by atoms with Crippen LogP contribution in [0, 0.1) is 0 Å². The smallest absolute Gasteiger partial charge is 0.264 e. The van der Waals surface area contributed by atoms with Crippen molar-refractivity contribution < 1.29 is 32.7 Å². The number of hydrogen-bond acceptors (Lipinski definition) is 8. The zero-order valence-electron chi connectivity index (χ0n) is 20.2. The van der Waals surface area contributed by atoms with Gasteiger partial charge < -0.3 is 14.4 Å². The molecule has 0 saturated carbocycles. The van der Waals surface area contributed by atoms with Crippen molar-refractivity contribution in [2.24, 2.45) is 0 Å². The molecule has 194 valence electrons. The van der Waals surface area contributed by atoms with E-state index in [0.717, 1.165) is 23.0 Å². The number of hydrogen-bond donors (Lipinski definition) is 2. The lowest BCUT2D eigenvalue weighted by Gasteiger charge is -2.31. The predicted molar refractivity (Wildman–Crippen MR) is 134 cm³/mol. The van der Waals surface area contributed by atoms with E-state index in [2.05, 4.69) is 4.98 Å². The second-order valence-electron chi connectivity index (χ2n) is 8.59. The van der Waals surface area contributed by atoms with Gasteiger partial charge in [0.25, 0.3) is 5.91 Å². The number of nitrogens with zero attached hydrogens (tertiary/aromatic N) is 2. The fraction of sp³-hybridized carbons (Fsp3) is 0.375. The molecule has 1 aliphatic heterocycles. The Balaban J connectivity index is 1.60. The first-order valence-corrected chi connectivity index (χ1v) is 13.3. The summed E-state index contributed by atoms with van der Waals surface area (Å²) in [6.45, 7) is 1.83. The predicted octanol–water partition coefficient (Wildman–Crippen LogP) is 2.64. The van der Waals surface area contributed by atoms with Crippen molar-refractivity contribution in [3.8, 4) is 11.6 Å². The van der Waals surface area contributed by atoms with E-state index in [1.807, 2.05) is 18.2 Å². The minimum atomic E-state index is -3.83. The van der Waals surface area contributed by atoms with Crippen LogP contribution in [0.25, 0.3) is 5.57 Å². The first-order valence-electron chi connectivity index (χ1n) is 11.0. The Bertz CT molecular complexity index is 1260. The molecule has 0 unspecified atom stereocenters. The van der Waals surface area contributed by atoms with Crippen LogP contribution in [0.5, 0.6) is 11.6 Å². The highest BCUT2D eigenvalue weighted by atomic mass is 35.5. The van der Waals surface area contributed by atoms with E-state index in [9.17, 15) is 18.0 Å². The molecule has 2 amide bonds. The van der Waals surface area contributed by atoms with Gasteiger partial charge in [0.2, 0.25) is 11.8 Å². The number of amides is 2. The summed E-state index contributed by atoms with van der Waals surface area (Å²) in [5.41, 5.74) is 3.90. The van der Waals surface area contributed by atoms with Gasteiger partial charge in [0.05, 0.1) is 13.5 Å². The number of pyridine rings is 1. The number of nitrogens with one attached hydrogen (secondary N) is 1. The summed E-state index contributed by atoms with van der Waals surface area (Å²) in [6, 6.07) is 9.04. The number of carbonyl (C=O) groups excluding carboxylic acids is 2. The number of benzene rings is 1. The molecule has 1 aliphatic rings. The Hall–Kier alpha value is -3.15. The van der Waals surface area contributed by atoms with Crippen LogP contribution in [-0.4, -0.2) is 66.5 Å². The van der Waals surface area contributed by atoms with Gasteiger partial charge >= 0.3 is 0 Å². The number of methoxy groups -OCH3 is 1. The summed E-state index contributed by atoms with van der Waals surface area (Å²) < 4.78 is 33.2. The van der Waals surface area contributed by atoms with Crippen molar-refractivity contribution in [2.75, 3.05) is 26.5 Å². The minimum Gasteiger partial charge on any atom is -0.489 e. The van der Waals surface area contributed by atoms with Gasteiger partial charge in [-0.1, -0.05) is 29.8 Å². The molecule has 0 spiro atoms. The van der Waals surface area contributed by atoms with E-state index < -0.39 is 20.5 Å². The molecule has 0 bridgehead atoms. The molecule has 0 fully saturated rings. The van der Waals surface area contributed by atoms with Gasteiger partial charge in [0, 0.05) is 31.1 Å². The third-order valence-corrected chi connectivity index (χ3v) is 8.50. The number of sulfone groups is 1. The number of halogens is 1. The van der Waals surface area contributed by atoms with Crippen LogP contribution >= 0.6 is 11.6 Å². The van der Waals surface area contributed by atoms with Crippen LogP contribution in [0.2, 0.25) is 5.02 Å². The van der Waals surface area contributed by atoms with Gasteiger partial charge in [-0.15, -0.1) is 0 Å². The molecule has 0 saturated heterocycles. The van der Waals surface area contributed by atoms with E-state index in [0.29, 0.717) is 16.7 Å². The summed E-state index contributed by atoms with van der Waals surface area (Å²) >= 11 is 6.09. The minimum absolute atomic E-state index is 0.0522. The maximum absolute atomic E-state index is 12.7. The Morgan fingerprint density at radius 1 is 1.31 bits per heavy atom. The summed E-state index contributed by atoms with van der Waals surface area (Å²) in [5.74, 6) is -0.229. The molecule has 0 aliphatic carbocycles. The largest absolute Gasteiger partial charge is 0.489 e. The van der Waals surface area contributed by atoms with E-state index in [-0.39, 0.29) is 38.4 Å². The van der Waals surface area contributed by atoms with E-state index in [1.165, 1.54) is 24.4 Å². The van der Waals surface area contributed by atoms with Crippen LogP contribution in [0.1, 0.15) is 30.9 Å². The van der Waals surface area contributed by atoms with Gasteiger partial charge in [0.1, 0.15) is 17.4 Å². The quantitative estimate of drug-likeness (QED) is 0.349. The highest BCUT2D eigenvalue weighted by Gasteiger charge is 2.43. The molecule has 12 heteroatoms. The van der Waals surface area contributed by atoms with Crippen LogP contribution in [0.3, 0.4) is 0 Å². The second-order valence-corrected chi connectivity index (χ2v) is 11.4. The van der Waals surface area contributed by atoms with Crippen molar-refractivity contribution in [1.82, 2.24) is 15.4 Å². The van der Waals surface area contributed by atoms with Gasteiger partial charge in [-0.05, 0) is 42.7 Å². The Morgan fingerprint density at radius 3 is 2.56 bits per heavy atom. The van der Waals surface area contributed by atoms with Gasteiger partial charge in [0.15, 0.2) is 14.6 Å². The highest BCUT2D eigenvalue weighted by molar-refractivity contribution is 7.92. The van der Waals surface area contributed by atoms with Gasteiger partial charge in [-0.3, -0.25) is 14.8 Å². The molecule has 2 heterocycles. The monoisotopic (exact) mass is 537 g/mol. The zero-order valence-corrected chi connectivity index (χ0v) is 21.7. The summed E-state index contributed by atoms with van der Waals surface area (Å²) in [5, 5.41) is 9.35. The molecule has 1 aromatic heterocycles. The van der Waals surface area contributed by atoms with Crippen LogP contribution in [-0.2, 0) is 26.0 Å². The fourth-order valence-corrected chi connectivity index (χ4v) is 4.78. The number of aromatic nitrogens is 1. The van der Waals surface area contributed by atoms with E-state index >= 15 is 0 Å². The SMILES string of the molecule is COc1ncc(COc2ccc(C3=CCN(CC[C@](C)(C(=O)NO)S(C)(=O)=O)C(=O)C3)cc2)cc1Cl. The van der Waals surface area contributed by atoms with Crippen LogP contribution in [0.15, 0.2) is 42.6 Å². The highest BCUT2D eigenvalue weighted by Crippen LogP contribution is 2.28. The average molecular weight is 538 g/mol. The molecule has 3 rings (SSSR count). The lowest BCUT2D eigenvalue weighted by Crippen LogP contribution is -2.51. The molecule has 2 aromatic rings. The fourth-order valence-electron chi connectivity index (χ4n) is 3.66. The van der Waals surface area contributed by atoms with Gasteiger partial charge in [-0.25, -0.2) is 18.9 Å². The summed E-state index contributed by atoms with van der Waals surface area (Å²) in [4.78, 5) is 30.3. The lowest BCUT2D eigenvalue weighted by molar-refractivity contribution is -0.133. The standard InChI is InChI=1S/C24H28ClN3O7S/c1-24(23(30)27-31,36(3,32)33)9-11-28-10-8-18(13-21(28)29)17-4-6-19(7-5-17)35-15-16-12-20(25)22(34-2)26-14-16/h4-8,12,14,31H,9-11,13,15H2,1-3H3,(H,27,30)/t24-/m1/s1. The lowest BCUT2D eigenvalue weighted by atomic mass is 9.98.